The van der Waals surface area contributed by atoms with E-state index in [9.17, 15) is 9.59 Å². The summed E-state index contributed by atoms with van der Waals surface area (Å²) < 4.78 is 14.0. The van der Waals surface area contributed by atoms with E-state index in [2.05, 4.69) is 31.4 Å². The Morgan fingerprint density at radius 3 is 2.48 bits per heavy atom. The third kappa shape index (κ3) is 6.34. The number of carbonyl (C=O) groups is 2. The number of benzene rings is 3. The molecule has 1 atom stereocenters. The van der Waals surface area contributed by atoms with Gasteiger partial charge in [0.1, 0.15) is 0 Å². The molecule has 0 spiro atoms. The van der Waals surface area contributed by atoms with E-state index in [1.165, 1.54) is 16.8 Å². The molecule has 42 heavy (non-hydrogen) atoms. The maximum absolute atomic E-state index is 13.7. The van der Waals surface area contributed by atoms with Gasteiger partial charge in [-0.3, -0.25) is 9.59 Å². The summed E-state index contributed by atoms with van der Waals surface area (Å²) in [5, 5.41) is 18.2. The molecule has 0 radical (unpaired) electrons. The van der Waals surface area contributed by atoms with E-state index in [1.54, 1.807) is 38.0 Å². The van der Waals surface area contributed by atoms with Crippen LogP contribution in [0.3, 0.4) is 0 Å². The van der Waals surface area contributed by atoms with E-state index in [0.29, 0.717) is 34.5 Å². The number of amides is 2. The van der Waals surface area contributed by atoms with Gasteiger partial charge in [0.15, 0.2) is 22.5 Å². The molecule has 10 nitrogen and oxygen atoms in total. The molecule has 1 aromatic heterocycles. The fourth-order valence-electron chi connectivity index (χ4n) is 4.64. The van der Waals surface area contributed by atoms with Crippen LogP contribution in [0.1, 0.15) is 39.8 Å². The molecule has 1 aliphatic heterocycles. The molecular weight excluding hydrogens is 620 g/mol. The Bertz CT molecular complexity index is 1610. The van der Waals surface area contributed by atoms with Crippen molar-refractivity contribution in [3.05, 3.63) is 99.8 Å². The molecular formula is C30H29BrN6O4S. The summed E-state index contributed by atoms with van der Waals surface area (Å²) in [7, 11) is 4.98. The minimum absolute atomic E-state index is 0.0856. The number of hydrogen-bond acceptors (Lipinski definition) is 8. The van der Waals surface area contributed by atoms with Crippen molar-refractivity contribution < 1.29 is 19.1 Å². The van der Waals surface area contributed by atoms with E-state index in [4.69, 9.17) is 14.6 Å². The highest BCUT2D eigenvalue weighted by molar-refractivity contribution is 9.10. The highest BCUT2D eigenvalue weighted by Crippen LogP contribution is 2.42. The number of rotatable bonds is 10. The number of halogens is 1. The van der Waals surface area contributed by atoms with E-state index < -0.39 is 0 Å². The molecule has 0 saturated carbocycles. The molecule has 3 aromatic carbocycles. The minimum atomic E-state index is -0.384. The monoisotopic (exact) mass is 648 g/mol. The van der Waals surface area contributed by atoms with Gasteiger partial charge in [-0.2, -0.15) is 5.10 Å². The second kappa shape index (κ2) is 13.2. The van der Waals surface area contributed by atoms with Crippen molar-refractivity contribution in [1.29, 1.82) is 0 Å². The quantitative estimate of drug-likeness (QED) is 0.241. The Hall–Kier alpha value is -4.16. The average molecular weight is 650 g/mol. The van der Waals surface area contributed by atoms with E-state index in [-0.39, 0.29) is 30.2 Å². The summed E-state index contributed by atoms with van der Waals surface area (Å²) >= 11 is 4.74. The van der Waals surface area contributed by atoms with Gasteiger partial charge in [-0.05, 0) is 35.9 Å². The molecule has 5 rings (SSSR count). The lowest BCUT2D eigenvalue weighted by Crippen LogP contribution is -2.29. The Morgan fingerprint density at radius 2 is 1.76 bits per heavy atom. The summed E-state index contributed by atoms with van der Waals surface area (Å²) in [4.78, 5) is 26.1. The fraction of sp³-hybridized carbons (Fsp3) is 0.233. The fourth-order valence-corrected chi connectivity index (χ4v) is 5.69. The first-order chi connectivity index (χ1) is 20.4. The van der Waals surface area contributed by atoms with Crippen LogP contribution in [-0.2, 0) is 18.4 Å². The van der Waals surface area contributed by atoms with Crippen molar-refractivity contribution in [2.75, 3.05) is 20.0 Å². The number of hydrazone groups is 1. The highest BCUT2D eigenvalue weighted by atomic mass is 79.9. The van der Waals surface area contributed by atoms with Gasteiger partial charge in [-0.25, -0.2) is 5.01 Å². The number of nitrogens with one attached hydrogen (secondary N) is 1. The van der Waals surface area contributed by atoms with Crippen LogP contribution >= 0.6 is 27.7 Å². The molecule has 4 aromatic rings. The summed E-state index contributed by atoms with van der Waals surface area (Å²) in [5.74, 6) is 1.42. The van der Waals surface area contributed by atoms with Crippen LogP contribution in [0.2, 0.25) is 0 Å². The third-order valence-electron chi connectivity index (χ3n) is 6.83. The molecule has 1 aliphatic rings. The minimum Gasteiger partial charge on any atom is -0.493 e. The van der Waals surface area contributed by atoms with Crippen molar-refractivity contribution in [2.24, 2.45) is 12.1 Å². The number of hydrogen-bond donors (Lipinski definition) is 1. The topological polar surface area (TPSA) is 111 Å². The molecule has 2 heterocycles. The Morgan fingerprint density at radius 1 is 1.00 bits per heavy atom. The number of carbonyl (C=O) groups excluding carboxylic acids is 2. The zero-order valence-electron chi connectivity index (χ0n) is 23.3. The van der Waals surface area contributed by atoms with Gasteiger partial charge in [0.2, 0.25) is 0 Å². The van der Waals surface area contributed by atoms with Crippen LogP contribution in [-0.4, -0.2) is 57.3 Å². The maximum Gasteiger partial charge on any atom is 0.253 e. The second-order valence-electron chi connectivity index (χ2n) is 9.39. The Balaban J connectivity index is 1.33. The van der Waals surface area contributed by atoms with Gasteiger partial charge < -0.3 is 19.4 Å². The first-order valence-corrected chi connectivity index (χ1v) is 14.9. The smallest absolute Gasteiger partial charge is 0.253 e. The van der Waals surface area contributed by atoms with Gasteiger partial charge in [0.05, 0.1) is 38.3 Å². The lowest BCUT2D eigenvalue weighted by molar-refractivity contribution is -0.130. The van der Waals surface area contributed by atoms with Crippen LogP contribution in [0.4, 0.5) is 0 Å². The lowest BCUT2D eigenvalue weighted by Gasteiger charge is -2.24. The molecule has 0 unspecified atom stereocenters. The van der Waals surface area contributed by atoms with E-state index >= 15 is 0 Å². The highest BCUT2D eigenvalue weighted by Gasteiger charge is 2.35. The molecule has 0 aliphatic carbocycles. The average Bonchev–Trinajstić information content (AvgIpc) is 3.62. The summed E-state index contributed by atoms with van der Waals surface area (Å²) in [6.45, 7) is 0.205. The van der Waals surface area contributed by atoms with Crippen LogP contribution in [0.25, 0.3) is 0 Å². The van der Waals surface area contributed by atoms with Crippen LogP contribution in [0, 0.1) is 0 Å². The van der Waals surface area contributed by atoms with E-state index in [1.807, 2.05) is 60.7 Å². The van der Waals surface area contributed by atoms with Crippen molar-refractivity contribution >= 4 is 45.2 Å². The molecule has 12 heteroatoms. The van der Waals surface area contributed by atoms with Crippen LogP contribution < -0.4 is 14.8 Å². The summed E-state index contributed by atoms with van der Waals surface area (Å²) in [6, 6.07) is 22.1. The van der Waals surface area contributed by atoms with E-state index in [0.717, 1.165) is 21.3 Å². The normalized spacial score (nSPS) is 14.4. The maximum atomic E-state index is 13.7. The predicted molar refractivity (Wildman–Crippen MR) is 164 cm³/mol. The molecule has 0 saturated heterocycles. The standard InChI is InChI=1S/C30H29BrN6O4S/c1-36-26(17-32-29(39)20-8-5-4-6-9-20)33-34-30(36)42-18-27(38)37-24(22-10-7-11-25(40-2)28(22)41-3)16-23(35-37)19-12-14-21(31)15-13-19/h4-15,24H,16-18H2,1-3H3,(H,32,39)/t24-/m1/s1. The Labute approximate surface area is 256 Å². The summed E-state index contributed by atoms with van der Waals surface area (Å²) in [6.07, 6.45) is 0.511. The van der Waals surface area contributed by atoms with Crippen LogP contribution in [0.5, 0.6) is 11.5 Å². The predicted octanol–water partition coefficient (Wildman–Crippen LogP) is 4.99. The SMILES string of the molecule is COc1cccc([C@H]2CC(c3ccc(Br)cc3)=NN2C(=O)CSc2nnc(CNC(=O)c3ccccc3)n2C)c1OC. The molecule has 0 fully saturated rings. The van der Waals surface area contributed by atoms with Crippen molar-refractivity contribution in [2.45, 2.75) is 24.2 Å². The zero-order valence-corrected chi connectivity index (χ0v) is 25.7. The van der Waals surface area contributed by atoms with Crippen molar-refractivity contribution in [3.63, 3.8) is 0 Å². The first kappa shape index (κ1) is 29.3. The van der Waals surface area contributed by atoms with Gasteiger partial charge >= 0.3 is 0 Å². The van der Waals surface area contributed by atoms with Crippen LogP contribution in [0.15, 0.2) is 87.5 Å². The number of aromatic nitrogens is 3. The van der Waals surface area contributed by atoms with Crippen molar-refractivity contribution in [3.8, 4) is 11.5 Å². The molecule has 0 bridgehead atoms. The van der Waals surface area contributed by atoms with Crippen molar-refractivity contribution in [1.82, 2.24) is 25.1 Å². The van der Waals surface area contributed by atoms with Gasteiger partial charge in [-0.15, -0.1) is 10.2 Å². The molecule has 216 valence electrons. The Kier molecular flexibility index (Phi) is 9.23. The zero-order chi connectivity index (χ0) is 29.6. The number of methoxy groups -OCH3 is 2. The number of ether oxygens (including phenoxy) is 2. The number of thioether (sulfide) groups is 1. The van der Waals surface area contributed by atoms with Gasteiger partial charge in [-0.1, -0.05) is 70.2 Å². The number of nitrogens with zero attached hydrogens (tertiary/aromatic N) is 5. The van der Waals surface area contributed by atoms with Gasteiger partial charge in [0, 0.05) is 29.1 Å². The first-order valence-electron chi connectivity index (χ1n) is 13.1. The number of para-hydroxylation sites is 1. The third-order valence-corrected chi connectivity index (χ3v) is 8.36. The largest absolute Gasteiger partial charge is 0.493 e. The molecule has 2 amide bonds. The van der Waals surface area contributed by atoms with Gasteiger partial charge in [0.25, 0.3) is 11.8 Å². The molecule has 1 N–H and O–H groups in total. The lowest BCUT2D eigenvalue weighted by atomic mass is 9.97. The summed E-state index contributed by atoms with van der Waals surface area (Å²) in [5.41, 5.74) is 3.10. The second-order valence-corrected chi connectivity index (χ2v) is 11.2.